The summed E-state index contributed by atoms with van der Waals surface area (Å²) in [6.45, 7) is 4.11. The van der Waals surface area contributed by atoms with E-state index in [0.29, 0.717) is 68.5 Å². The summed E-state index contributed by atoms with van der Waals surface area (Å²) in [5.74, 6) is 0.743. The van der Waals surface area contributed by atoms with Gasteiger partial charge in [-0.05, 0) is 49.7 Å². The third-order valence-electron chi connectivity index (χ3n) is 8.77. The van der Waals surface area contributed by atoms with Crippen molar-refractivity contribution in [1.82, 2.24) is 25.1 Å². The molecule has 4 aromatic rings. The number of rotatable bonds is 4. The van der Waals surface area contributed by atoms with Crippen molar-refractivity contribution < 1.29 is 28.6 Å². The van der Waals surface area contributed by atoms with Crippen LogP contribution in [0.2, 0.25) is 0 Å². The highest BCUT2D eigenvalue weighted by atomic mass is 32.1. The molecule has 1 fully saturated rings. The molecule has 45 heavy (non-hydrogen) atoms. The molecule has 0 aliphatic carbocycles. The first-order chi connectivity index (χ1) is 22.0. The highest BCUT2D eigenvalue weighted by Gasteiger charge is 2.53. The molecule has 232 valence electrons. The number of fused-ring (bicyclic) bond motifs is 10. The van der Waals surface area contributed by atoms with Crippen molar-refractivity contribution in [2.75, 3.05) is 52.5 Å². The standard InChI is InChI=1S/C33H33N5O6S/c1-2-42-30-23(7-4-11-34-30)32(41)37-12-5-13-43-26-8-3-6-22-24-15-38(31(40)21-9-10-25-27(14-21)45-20-36-25)18-33(24,19-44-29(22)26)17-35-28(39)16-37/h3-4,6-11,14,20,24H,2,5,12-13,15-19H2,1H3,(H,35,39)/t24-,33+/m0/s1. The third kappa shape index (κ3) is 5.43. The van der Waals surface area contributed by atoms with Gasteiger partial charge in [0.25, 0.3) is 11.8 Å². The number of ether oxygens (including phenoxy) is 3. The highest BCUT2D eigenvalue weighted by molar-refractivity contribution is 7.16. The largest absolute Gasteiger partial charge is 0.490 e. The van der Waals surface area contributed by atoms with Crippen molar-refractivity contribution >= 4 is 39.3 Å². The Morgan fingerprint density at radius 2 is 2.02 bits per heavy atom. The molecular weight excluding hydrogens is 594 g/mol. The number of hydrogen-bond donors (Lipinski definition) is 1. The van der Waals surface area contributed by atoms with Crippen LogP contribution in [0.3, 0.4) is 0 Å². The molecule has 0 saturated carbocycles. The number of nitrogens with one attached hydrogen (secondary N) is 1. The predicted molar refractivity (Wildman–Crippen MR) is 167 cm³/mol. The number of benzene rings is 2. The number of thiazole rings is 1. The summed E-state index contributed by atoms with van der Waals surface area (Å²) >= 11 is 1.50. The first-order valence-corrected chi connectivity index (χ1v) is 16.0. The molecule has 2 aromatic heterocycles. The van der Waals surface area contributed by atoms with E-state index < -0.39 is 5.41 Å². The molecule has 4 aliphatic rings. The molecule has 0 radical (unpaired) electrons. The molecule has 12 heteroatoms. The Morgan fingerprint density at radius 1 is 1.11 bits per heavy atom. The van der Waals surface area contributed by atoms with Crippen molar-refractivity contribution in [1.29, 1.82) is 0 Å². The van der Waals surface area contributed by atoms with Crippen molar-refractivity contribution in [3.05, 3.63) is 76.9 Å². The van der Waals surface area contributed by atoms with Gasteiger partial charge < -0.3 is 29.3 Å². The van der Waals surface area contributed by atoms with Crippen LogP contribution < -0.4 is 19.5 Å². The first-order valence-electron chi connectivity index (χ1n) is 15.1. The average Bonchev–Trinajstić information content (AvgIpc) is 3.70. The number of aromatic nitrogens is 2. The number of hydrogen-bond acceptors (Lipinski definition) is 9. The monoisotopic (exact) mass is 627 g/mol. The van der Waals surface area contributed by atoms with Crippen LogP contribution in [-0.2, 0) is 4.79 Å². The fourth-order valence-electron chi connectivity index (χ4n) is 6.56. The van der Waals surface area contributed by atoms with Gasteiger partial charge in [0.1, 0.15) is 5.56 Å². The maximum Gasteiger partial charge on any atom is 0.259 e. The highest BCUT2D eigenvalue weighted by Crippen LogP contribution is 2.52. The van der Waals surface area contributed by atoms with Gasteiger partial charge >= 0.3 is 0 Å². The Morgan fingerprint density at radius 3 is 2.91 bits per heavy atom. The summed E-state index contributed by atoms with van der Waals surface area (Å²) in [6.07, 6.45) is 2.06. The van der Waals surface area contributed by atoms with Crippen molar-refractivity contribution in [3.63, 3.8) is 0 Å². The lowest BCUT2D eigenvalue weighted by Crippen LogP contribution is -2.50. The van der Waals surface area contributed by atoms with E-state index in [1.807, 2.05) is 48.2 Å². The van der Waals surface area contributed by atoms with Gasteiger partial charge in [-0.2, -0.15) is 0 Å². The van der Waals surface area contributed by atoms with E-state index >= 15 is 0 Å². The van der Waals surface area contributed by atoms with E-state index in [0.717, 1.165) is 15.8 Å². The van der Waals surface area contributed by atoms with Crippen LogP contribution >= 0.6 is 11.3 Å². The van der Waals surface area contributed by atoms with Gasteiger partial charge in [-0.3, -0.25) is 14.4 Å². The first kappa shape index (κ1) is 29.0. The van der Waals surface area contributed by atoms with Crippen molar-refractivity contribution in [2.24, 2.45) is 5.41 Å². The minimum absolute atomic E-state index is 0.0735. The van der Waals surface area contributed by atoms with E-state index in [2.05, 4.69) is 15.3 Å². The third-order valence-corrected chi connectivity index (χ3v) is 9.57. The van der Waals surface area contributed by atoms with Gasteiger partial charge in [0.05, 0.1) is 42.1 Å². The van der Waals surface area contributed by atoms with E-state index in [1.54, 1.807) is 23.8 Å². The maximum atomic E-state index is 13.9. The molecule has 4 aliphatic heterocycles. The fraction of sp³-hybridized carbons (Fsp3) is 0.364. The van der Waals surface area contributed by atoms with E-state index in [4.69, 9.17) is 14.2 Å². The number of nitrogens with zero attached hydrogens (tertiary/aromatic N) is 4. The zero-order chi connectivity index (χ0) is 31.0. The summed E-state index contributed by atoms with van der Waals surface area (Å²) in [4.78, 5) is 52.9. The minimum Gasteiger partial charge on any atom is -0.490 e. The fourth-order valence-corrected chi connectivity index (χ4v) is 7.28. The number of pyridine rings is 1. The van der Waals surface area contributed by atoms with Gasteiger partial charge in [-0.25, -0.2) is 9.97 Å². The molecule has 0 unspecified atom stereocenters. The maximum absolute atomic E-state index is 13.9. The van der Waals surface area contributed by atoms with Crippen LogP contribution in [0.5, 0.6) is 17.4 Å². The normalized spacial score (nSPS) is 21.4. The Labute approximate surface area is 264 Å². The van der Waals surface area contributed by atoms with Gasteiger partial charge in [0.15, 0.2) is 11.5 Å². The quantitative estimate of drug-likeness (QED) is 0.363. The van der Waals surface area contributed by atoms with Crippen LogP contribution in [0.15, 0.2) is 60.2 Å². The SMILES string of the molecule is CCOc1ncccc1C(=O)N1CCCOc2cccc3c2OC[C@@]2(CNC(=O)C1)CN(C(=O)c1ccc4ncsc4c1)C[C@@H]32. The Bertz CT molecular complexity index is 1780. The second-order valence-corrected chi connectivity index (χ2v) is 12.5. The topological polar surface area (TPSA) is 123 Å². The van der Waals surface area contributed by atoms with E-state index in [1.165, 1.54) is 16.2 Å². The molecule has 8 rings (SSSR count). The lowest BCUT2D eigenvalue weighted by Gasteiger charge is -2.40. The summed E-state index contributed by atoms with van der Waals surface area (Å²) in [5.41, 5.74) is 3.94. The summed E-state index contributed by atoms with van der Waals surface area (Å²) in [6, 6.07) is 14.8. The summed E-state index contributed by atoms with van der Waals surface area (Å²) < 4.78 is 19.1. The summed E-state index contributed by atoms with van der Waals surface area (Å²) in [7, 11) is 0. The van der Waals surface area contributed by atoms with Crippen LogP contribution in [0.25, 0.3) is 10.2 Å². The van der Waals surface area contributed by atoms with E-state index in [-0.39, 0.29) is 42.6 Å². The molecule has 1 saturated heterocycles. The molecule has 1 N–H and O–H groups in total. The van der Waals surface area contributed by atoms with Gasteiger partial charge in [0, 0.05) is 54.8 Å². The number of amides is 3. The van der Waals surface area contributed by atoms with Crippen LogP contribution in [-0.4, -0.2) is 90.0 Å². The lowest BCUT2D eigenvalue weighted by molar-refractivity contribution is -0.122. The zero-order valence-corrected chi connectivity index (χ0v) is 25.7. The average molecular weight is 628 g/mol. The Hall–Kier alpha value is -4.71. The molecule has 2 atom stereocenters. The second kappa shape index (κ2) is 12.0. The Balaban J connectivity index is 1.18. The van der Waals surface area contributed by atoms with Crippen LogP contribution in [0.1, 0.15) is 45.5 Å². The molecule has 6 heterocycles. The molecule has 11 nitrogen and oxygen atoms in total. The molecule has 2 aromatic carbocycles. The number of carbonyl (C=O) groups is 3. The zero-order valence-electron chi connectivity index (χ0n) is 24.9. The number of para-hydroxylation sites is 1. The number of carbonyl (C=O) groups excluding carboxylic acids is 3. The molecular formula is C33H33N5O6S. The van der Waals surface area contributed by atoms with Gasteiger partial charge in [0.2, 0.25) is 11.8 Å². The number of likely N-dealkylation sites (tertiary alicyclic amines) is 1. The second-order valence-electron chi connectivity index (χ2n) is 11.6. The molecule has 1 spiro atoms. The van der Waals surface area contributed by atoms with Crippen LogP contribution in [0.4, 0.5) is 0 Å². The van der Waals surface area contributed by atoms with Crippen molar-refractivity contribution in [3.8, 4) is 17.4 Å². The van der Waals surface area contributed by atoms with Gasteiger partial charge in [-0.15, -0.1) is 11.3 Å². The van der Waals surface area contributed by atoms with Gasteiger partial charge in [-0.1, -0.05) is 12.1 Å². The van der Waals surface area contributed by atoms with E-state index in [9.17, 15) is 14.4 Å². The Kier molecular flexibility index (Phi) is 7.74. The van der Waals surface area contributed by atoms with Crippen LogP contribution in [0, 0.1) is 5.41 Å². The van der Waals surface area contributed by atoms with Crippen molar-refractivity contribution in [2.45, 2.75) is 19.3 Å². The minimum atomic E-state index is -0.573. The predicted octanol–water partition coefficient (Wildman–Crippen LogP) is 3.75. The molecule has 4 bridgehead atoms. The smallest absolute Gasteiger partial charge is 0.259 e. The lowest BCUT2D eigenvalue weighted by atomic mass is 9.73. The molecule has 3 amide bonds. The summed E-state index contributed by atoms with van der Waals surface area (Å²) in [5, 5.41) is 3.10.